The fourth-order valence-corrected chi connectivity index (χ4v) is 5.21. The molecule has 2 aliphatic heterocycles. The molecule has 0 spiro atoms. The molecule has 2 fully saturated rings. The quantitative estimate of drug-likeness (QED) is 0.670. The molecule has 1 amide bonds. The van der Waals surface area contributed by atoms with Crippen molar-refractivity contribution >= 4 is 17.7 Å². The largest absolute Gasteiger partial charge is 0.497 e. The minimum atomic E-state index is -0.00625. The summed E-state index contributed by atoms with van der Waals surface area (Å²) in [6.07, 6.45) is 0.855. The first-order valence-corrected chi connectivity index (χ1v) is 10.4. The molecule has 3 rings (SSSR count). The Balaban J connectivity index is 1.81. The van der Waals surface area contributed by atoms with Gasteiger partial charge in [-0.25, -0.2) is 0 Å². The molecule has 0 saturated carbocycles. The molecule has 0 bridgehead atoms. The maximum atomic E-state index is 13.0. The molecule has 26 heavy (non-hydrogen) atoms. The molecule has 1 aromatic rings. The zero-order valence-electron chi connectivity index (χ0n) is 16.0. The number of benzene rings is 1. The van der Waals surface area contributed by atoms with Gasteiger partial charge >= 0.3 is 0 Å². The summed E-state index contributed by atoms with van der Waals surface area (Å²) in [5.74, 6) is 1.87. The van der Waals surface area contributed by atoms with Gasteiger partial charge in [0.1, 0.15) is 43.1 Å². The van der Waals surface area contributed by atoms with Crippen LogP contribution in [0.3, 0.4) is 0 Å². The number of hydrogen-bond acceptors (Lipinski definition) is 4. The van der Waals surface area contributed by atoms with Gasteiger partial charge in [0.15, 0.2) is 0 Å². The lowest BCUT2D eigenvalue weighted by molar-refractivity contribution is -0.946. The van der Waals surface area contributed by atoms with E-state index < -0.39 is 0 Å². The Bertz CT molecular complexity index is 622. The van der Waals surface area contributed by atoms with Crippen LogP contribution in [-0.2, 0) is 4.79 Å². The van der Waals surface area contributed by atoms with Crippen LogP contribution in [0, 0.1) is 0 Å². The van der Waals surface area contributed by atoms with E-state index in [0.29, 0.717) is 0 Å². The normalized spacial score (nSPS) is 24.1. The molecule has 2 heterocycles. The summed E-state index contributed by atoms with van der Waals surface area (Å²) in [5.41, 5.74) is 1.03. The zero-order chi connectivity index (χ0) is 18.5. The molecule has 2 saturated heterocycles. The summed E-state index contributed by atoms with van der Waals surface area (Å²) in [5, 5.41) is 2.39. The molecule has 2 atom stereocenters. The van der Waals surface area contributed by atoms with Gasteiger partial charge in [0.2, 0.25) is 5.91 Å². The van der Waals surface area contributed by atoms with Crippen LogP contribution in [0.25, 0.3) is 0 Å². The van der Waals surface area contributed by atoms with Gasteiger partial charge in [-0.05, 0) is 24.6 Å². The number of methoxy groups -OCH3 is 2. The number of thioether (sulfide) groups is 1. The second-order valence-electron chi connectivity index (χ2n) is 6.89. The minimum absolute atomic E-state index is 0.00625. The monoisotopic (exact) mass is 381 g/mol. The summed E-state index contributed by atoms with van der Waals surface area (Å²) in [7, 11) is 3.35. The Kier molecular flexibility index (Phi) is 6.67. The van der Waals surface area contributed by atoms with Crippen molar-refractivity contribution in [1.29, 1.82) is 0 Å². The van der Waals surface area contributed by atoms with E-state index in [1.165, 1.54) is 26.2 Å². The third-order valence-corrected chi connectivity index (χ3v) is 6.95. The fraction of sp³-hybridized carbons (Fsp3) is 0.632. The first-order chi connectivity index (χ1) is 12.7. The molecule has 2 aliphatic rings. The number of amides is 1. The van der Waals surface area contributed by atoms with Crippen LogP contribution in [0.15, 0.2) is 18.2 Å². The molecule has 1 aromatic carbocycles. The maximum Gasteiger partial charge on any atom is 0.237 e. The molecule has 3 N–H and O–H groups in total. The van der Waals surface area contributed by atoms with Crippen molar-refractivity contribution in [3.05, 3.63) is 23.8 Å². The van der Waals surface area contributed by atoms with Crippen molar-refractivity contribution in [1.82, 2.24) is 4.90 Å². The Labute approximate surface area is 160 Å². The first-order valence-electron chi connectivity index (χ1n) is 9.51. The van der Waals surface area contributed by atoms with Gasteiger partial charge in [0.25, 0.3) is 0 Å². The average Bonchev–Trinajstić information content (AvgIpc) is 3.02. The number of nitrogens with one attached hydrogen (secondary N) is 1. The van der Waals surface area contributed by atoms with E-state index in [1.807, 2.05) is 18.2 Å². The van der Waals surface area contributed by atoms with Crippen LogP contribution in [0.5, 0.6) is 11.5 Å². The van der Waals surface area contributed by atoms with E-state index >= 15 is 0 Å². The van der Waals surface area contributed by atoms with Gasteiger partial charge < -0.3 is 24.6 Å². The average molecular weight is 382 g/mol. The third kappa shape index (κ3) is 4.10. The van der Waals surface area contributed by atoms with Crippen molar-refractivity contribution in [3.63, 3.8) is 0 Å². The lowest BCUT2D eigenvalue weighted by Crippen LogP contribution is -3.20. The molecular weight excluding hydrogens is 350 g/mol. The van der Waals surface area contributed by atoms with Gasteiger partial charge in [-0.1, -0.05) is 6.92 Å². The van der Waals surface area contributed by atoms with Crippen LogP contribution in [-0.4, -0.2) is 69.5 Å². The number of carbonyl (C=O) groups is 1. The second kappa shape index (κ2) is 8.97. The van der Waals surface area contributed by atoms with Gasteiger partial charge in [0.05, 0.1) is 32.6 Å². The van der Waals surface area contributed by atoms with Gasteiger partial charge in [0, 0.05) is 5.56 Å². The van der Waals surface area contributed by atoms with Gasteiger partial charge in [-0.3, -0.25) is 4.79 Å². The van der Waals surface area contributed by atoms with Gasteiger partial charge in [-0.15, -0.1) is 11.8 Å². The van der Waals surface area contributed by atoms with E-state index in [4.69, 9.17) is 9.47 Å². The Morgan fingerprint density at radius 3 is 2.69 bits per heavy atom. The van der Waals surface area contributed by atoms with Crippen molar-refractivity contribution in [2.24, 2.45) is 0 Å². The van der Waals surface area contributed by atoms with E-state index in [9.17, 15) is 4.79 Å². The first kappa shape index (κ1) is 19.3. The van der Waals surface area contributed by atoms with E-state index in [0.717, 1.165) is 36.6 Å². The van der Waals surface area contributed by atoms with Crippen molar-refractivity contribution < 1.29 is 24.5 Å². The van der Waals surface area contributed by atoms with Crippen LogP contribution >= 0.6 is 11.8 Å². The smallest absolute Gasteiger partial charge is 0.237 e. The molecule has 0 aromatic heterocycles. The molecular formula is C19H31N3O3S+2. The number of piperazine rings is 1. The van der Waals surface area contributed by atoms with Crippen molar-refractivity contribution in [2.75, 3.05) is 53.5 Å². The van der Waals surface area contributed by atoms with Crippen LogP contribution < -0.4 is 19.7 Å². The molecule has 144 valence electrons. The van der Waals surface area contributed by atoms with Gasteiger partial charge in [-0.2, -0.15) is 0 Å². The highest BCUT2D eigenvalue weighted by Crippen LogP contribution is 2.47. The number of ether oxygens (including phenoxy) is 2. The van der Waals surface area contributed by atoms with E-state index in [-0.39, 0.29) is 16.5 Å². The van der Waals surface area contributed by atoms with E-state index in [2.05, 4.69) is 17.1 Å². The Hall–Kier alpha value is -1.44. The van der Waals surface area contributed by atoms with Crippen molar-refractivity contribution in [3.8, 4) is 11.5 Å². The minimum Gasteiger partial charge on any atom is -0.497 e. The zero-order valence-corrected chi connectivity index (χ0v) is 16.8. The summed E-state index contributed by atoms with van der Waals surface area (Å²) >= 11 is 1.74. The predicted molar refractivity (Wildman–Crippen MR) is 103 cm³/mol. The van der Waals surface area contributed by atoms with Crippen LogP contribution in [0.2, 0.25) is 0 Å². The topological polar surface area (TPSA) is 59.8 Å². The highest BCUT2D eigenvalue weighted by molar-refractivity contribution is 8.01. The number of nitrogens with zero attached hydrogens (tertiary/aromatic N) is 1. The molecule has 7 heteroatoms. The lowest BCUT2D eigenvalue weighted by Gasteiger charge is -2.28. The number of rotatable bonds is 7. The molecule has 6 nitrogen and oxygen atoms in total. The Morgan fingerprint density at radius 2 is 2.04 bits per heavy atom. The fourth-order valence-electron chi connectivity index (χ4n) is 3.77. The van der Waals surface area contributed by atoms with Crippen molar-refractivity contribution in [2.45, 2.75) is 24.0 Å². The molecule has 0 aliphatic carbocycles. The maximum absolute atomic E-state index is 13.0. The van der Waals surface area contributed by atoms with Crippen LogP contribution in [0.1, 0.15) is 24.3 Å². The number of carbonyl (C=O) groups excluding carboxylic acids is 1. The second-order valence-corrected chi connectivity index (χ2v) is 8.18. The summed E-state index contributed by atoms with van der Waals surface area (Å²) in [6.45, 7) is 8.62. The highest BCUT2D eigenvalue weighted by Gasteiger charge is 2.41. The van der Waals surface area contributed by atoms with Crippen LogP contribution in [0.4, 0.5) is 0 Å². The van der Waals surface area contributed by atoms with E-state index in [1.54, 1.807) is 30.9 Å². The number of nitrogens with two attached hydrogens (primary N) is 1. The number of quaternary nitrogens is 2. The standard InChI is InChI=1S/C19H29N3O3S/c1-4-17-18(23)22(12-11-21-9-7-20-8-10-21)19(26-17)15-13-14(24-2)5-6-16(15)25-3/h5-6,13,17,19-20H,4,7-12H2,1-3H3/p+2/t17-,19-/m1/s1. The summed E-state index contributed by atoms with van der Waals surface area (Å²) in [4.78, 5) is 16.6. The molecule has 0 unspecified atom stereocenters. The lowest BCUT2D eigenvalue weighted by atomic mass is 10.1. The Morgan fingerprint density at radius 1 is 1.27 bits per heavy atom. The summed E-state index contributed by atoms with van der Waals surface area (Å²) in [6, 6.07) is 5.85. The highest BCUT2D eigenvalue weighted by atomic mass is 32.2. The SMILES string of the molecule is CC[C@H]1S[C@H](c2cc(OC)ccc2OC)N(CC[NH+]2CC[NH2+]CC2)C1=O. The summed E-state index contributed by atoms with van der Waals surface area (Å²) < 4.78 is 11.0. The number of hydrogen-bond donors (Lipinski definition) is 2. The predicted octanol–water partition coefficient (Wildman–Crippen LogP) is -0.482. The molecule has 0 radical (unpaired) electrons. The third-order valence-electron chi connectivity index (χ3n) is 5.32.